The van der Waals surface area contributed by atoms with Gasteiger partial charge in [-0.05, 0) is 34.1 Å². The van der Waals surface area contributed by atoms with E-state index in [2.05, 4.69) is 41.6 Å². The van der Waals surface area contributed by atoms with Crippen LogP contribution in [0.2, 0.25) is 0 Å². The lowest BCUT2D eigenvalue weighted by molar-refractivity contribution is 1.24. The molecule has 1 aromatic heterocycles. The Bertz CT molecular complexity index is 751. The van der Waals surface area contributed by atoms with Gasteiger partial charge in [0, 0.05) is 22.4 Å². The van der Waals surface area contributed by atoms with Gasteiger partial charge in [0.1, 0.15) is 5.71 Å². The first-order valence-corrected chi connectivity index (χ1v) is 6.95. The number of nitrogens with zero attached hydrogens (tertiary/aromatic N) is 4. The number of amidine groups is 1. The Morgan fingerprint density at radius 2 is 1.90 bits per heavy atom. The van der Waals surface area contributed by atoms with Gasteiger partial charge in [-0.15, -0.1) is 10.2 Å². The van der Waals surface area contributed by atoms with Gasteiger partial charge in [0.25, 0.3) is 0 Å². The molecular weight excluding hydrogens is 332 g/mol. The van der Waals surface area contributed by atoms with Gasteiger partial charge in [-0.25, -0.2) is 0 Å². The SMILES string of the molecule is NC1=NN=C(c2cncc(Br)c2)/C1=N\Nc1ccccc1. The van der Waals surface area contributed by atoms with E-state index in [4.69, 9.17) is 5.73 Å². The number of benzene rings is 1. The van der Waals surface area contributed by atoms with Crippen molar-refractivity contribution >= 4 is 38.9 Å². The molecule has 1 aliphatic rings. The monoisotopic (exact) mass is 342 g/mol. The molecule has 1 aromatic carbocycles. The van der Waals surface area contributed by atoms with Gasteiger partial charge >= 0.3 is 0 Å². The number of hydrogen-bond acceptors (Lipinski definition) is 6. The van der Waals surface area contributed by atoms with E-state index in [9.17, 15) is 0 Å². The fourth-order valence-electron chi connectivity index (χ4n) is 1.80. The van der Waals surface area contributed by atoms with Gasteiger partial charge < -0.3 is 5.73 Å². The molecule has 0 bridgehead atoms. The van der Waals surface area contributed by atoms with Crippen LogP contribution >= 0.6 is 15.9 Å². The summed E-state index contributed by atoms with van der Waals surface area (Å²) in [4.78, 5) is 4.11. The summed E-state index contributed by atoms with van der Waals surface area (Å²) in [5.41, 5.74) is 11.5. The van der Waals surface area contributed by atoms with Crippen LogP contribution in [0.4, 0.5) is 5.69 Å². The zero-order valence-electron chi connectivity index (χ0n) is 10.9. The lowest BCUT2D eigenvalue weighted by Gasteiger charge is -2.05. The number of nitrogens with two attached hydrogens (primary N) is 1. The maximum Gasteiger partial charge on any atom is 0.176 e. The van der Waals surface area contributed by atoms with E-state index in [1.165, 1.54) is 0 Å². The van der Waals surface area contributed by atoms with Crippen molar-refractivity contribution in [1.29, 1.82) is 0 Å². The Kier molecular flexibility index (Phi) is 3.74. The van der Waals surface area contributed by atoms with Crippen molar-refractivity contribution in [2.24, 2.45) is 21.0 Å². The molecule has 3 N–H and O–H groups in total. The van der Waals surface area contributed by atoms with Crippen LogP contribution in [-0.2, 0) is 0 Å². The third-order valence-electron chi connectivity index (χ3n) is 2.77. The Morgan fingerprint density at radius 3 is 2.67 bits per heavy atom. The smallest absolute Gasteiger partial charge is 0.176 e. The van der Waals surface area contributed by atoms with Crippen LogP contribution in [0.25, 0.3) is 0 Å². The van der Waals surface area contributed by atoms with Gasteiger partial charge in [0.05, 0.1) is 5.69 Å². The van der Waals surface area contributed by atoms with E-state index in [1.807, 2.05) is 36.4 Å². The number of pyridine rings is 1. The summed E-state index contributed by atoms with van der Waals surface area (Å²) in [5, 5.41) is 12.3. The van der Waals surface area contributed by atoms with Crippen molar-refractivity contribution < 1.29 is 0 Å². The molecule has 0 saturated heterocycles. The summed E-state index contributed by atoms with van der Waals surface area (Å²) in [7, 11) is 0. The second-order valence-electron chi connectivity index (χ2n) is 4.26. The second-order valence-corrected chi connectivity index (χ2v) is 5.18. The summed E-state index contributed by atoms with van der Waals surface area (Å²) in [6.07, 6.45) is 3.39. The minimum atomic E-state index is 0.272. The standard InChI is InChI=1S/C14H11BrN6/c15-10-6-9(7-17-8-10)12-13(14(16)21-19-12)20-18-11-4-2-1-3-5-11/h1-8,18H,(H2,16,20,21). The molecule has 2 aromatic rings. The molecule has 2 heterocycles. The molecule has 0 spiro atoms. The van der Waals surface area contributed by atoms with Crippen LogP contribution in [0.5, 0.6) is 0 Å². The average molecular weight is 343 g/mol. The summed E-state index contributed by atoms with van der Waals surface area (Å²) < 4.78 is 0.850. The first-order valence-electron chi connectivity index (χ1n) is 6.15. The highest BCUT2D eigenvalue weighted by molar-refractivity contribution is 9.10. The molecule has 6 nitrogen and oxygen atoms in total. The molecule has 0 amide bonds. The summed E-state index contributed by atoms with van der Waals surface area (Å²) in [6, 6.07) is 11.5. The third kappa shape index (κ3) is 2.97. The number of halogens is 1. The molecule has 0 radical (unpaired) electrons. The van der Waals surface area contributed by atoms with Crippen LogP contribution in [-0.4, -0.2) is 22.2 Å². The van der Waals surface area contributed by atoms with Gasteiger partial charge in [0.15, 0.2) is 11.5 Å². The van der Waals surface area contributed by atoms with Crippen molar-refractivity contribution in [3.8, 4) is 0 Å². The molecular formula is C14H11BrN6. The minimum Gasteiger partial charge on any atom is -0.380 e. The lowest BCUT2D eigenvalue weighted by atomic mass is 10.1. The number of aromatic nitrogens is 1. The number of para-hydroxylation sites is 1. The van der Waals surface area contributed by atoms with Crippen molar-refractivity contribution in [1.82, 2.24) is 4.98 Å². The van der Waals surface area contributed by atoms with Crippen molar-refractivity contribution in [2.45, 2.75) is 0 Å². The number of anilines is 1. The number of rotatable bonds is 3. The van der Waals surface area contributed by atoms with Crippen molar-refractivity contribution in [3.05, 3.63) is 58.8 Å². The number of hydrogen-bond donors (Lipinski definition) is 2. The zero-order chi connectivity index (χ0) is 14.7. The minimum absolute atomic E-state index is 0.272. The van der Waals surface area contributed by atoms with E-state index in [0.29, 0.717) is 11.4 Å². The molecule has 0 unspecified atom stereocenters. The Hall–Kier alpha value is -2.54. The molecule has 21 heavy (non-hydrogen) atoms. The van der Waals surface area contributed by atoms with E-state index in [-0.39, 0.29) is 5.84 Å². The maximum absolute atomic E-state index is 5.84. The highest BCUT2D eigenvalue weighted by Gasteiger charge is 2.22. The Balaban J connectivity index is 1.89. The average Bonchev–Trinajstić information content (AvgIpc) is 2.87. The topological polar surface area (TPSA) is 88.0 Å². The van der Waals surface area contributed by atoms with Crippen LogP contribution in [0.15, 0.2) is 68.6 Å². The number of hydrazone groups is 1. The Morgan fingerprint density at radius 1 is 1.10 bits per heavy atom. The van der Waals surface area contributed by atoms with Gasteiger partial charge in [0.2, 0.25) is 0 Å². The summed E-state index contributed by atoms with van der Waals surface area (Å²) in [5.74, 6) is 0.272. The van der Waals surface area contributed by atoms with Gasteiger partial charge in [-0.3, -0.25) is 10.4 Å². The predicted molar refractivity (Wildman–Crippen MR) is 87.6 cm³/mol. The second kappa shape index (κ2) is 5.84. The molecule has 104 valence electrons. The van der Waals surface area contributed by atoms with Gasteiger partial charge in [-0.1, -0.05) is 18.2 Å². The van der Waals surface area contributed by atoms with E-state index in [1.54, 1.807) is 12.4 Å². The normalized spacial score (nSPS) is 15.8. The fourth-order valence-corrected chi connectivity index (χ4v) is 2.16. The highest BCUT2D eigenvalue weighted by atomic mass is 79.9. The van der Waals surface area contributed by atoms with Crippen LogP contribution in [0.1, 0.15) is 5.56 Å². The molecule has 0 atom stereocenters. The number of nitrogens with one attached hydrogen (secondary N) is 1. The lowest BCUT2D eigenvalue weighted by Crippen LogP contribution is -2.28. The quantitative estimate of drug-likeness (QED) is 0.839. The summed E-state index contributed by atoms with van der Waals surface area (Å²) >= 11 is 3.38. The first-order chi connectivity index (χ1) is 10.2. The van der Waals surface area contributed by atoms with E-state index in [0.717, 1.165) is 15.7 Å². The Labute approximate surface area is 129 Å². The molecule has 1 aliphatic heterocycles. The molecule has 0 saturated carbocycles. The first kappa shape index (κ1) is 13.4. The zero-order valence-corrected chi connectivity index (χ0v) is 12.4. The van der Waals surface area contributed by atoms with Crippen molar-refractivity contribution in [2.75, 3.05) is 5.43 Å². The molecule has 0 aliphatic carbocycles. The van der Waals surface area contributed by atoms with Crippen LogP contribution in [0.3, 0.4) is 0 Å². The van der Waals surface area contributed by atoms with Gasteiger partial charge in [-0.2, -0.15) is 5.10 Å². The maximum atomic E-state index is 5.84. The molecule has 0 fully saturated rings. The summed E-state index contributed by atoms with van der Waals surface area (Å²) in [6.45, 7) is 0. The fraction of sp³-hybridized carbons (Fsp3) is 0. The van der Waals surface area contributed by atoms with E-state index < -0.39 is 0 Å². The predicted octanol–water partition coefficient (Wildman–Crippen LogP) is 2.39. The molecule has 3 rings (SSSR count). The van der Waals surface area contributed by atoms with Crippen molar-refractivity contribution in [3.63, 3.8) is 0 Å². The largest absolute Gasteiger partial charge is 0.380 e. The van der Waals surface area contributed by atoms with Crippen LogP contribution in [0, 0.1) is 0 Å². The van der Waals surface area contributed by atoms with E-state index >= 15 is 0 Å². The third-order valence-corrected chi connectivity index (χ3v) is 3.21. The van der Waals surface area contributed by atoms with Crippen LogP contribution < -0.4 is 11.2 Å². The molecule has 7 heteroatoms. The highest BCUT2D eigenvalue weighted by Crippen LogP contribution is 2.14.